The maximum atomic E-state index is 4.57. The van der Waals surface area contributed by atoms with E-state index in [0.29, 0.717) is 0 Å². The summed E-state index contributed by atoms with van der Waals surface area (Å²) in [6.45, 7) is 5.39. The monoisotopic (exact) mass is 257 g/mol. The van der Waals surface area contributed by atoms with Gasteiger partial charge in [-0.05, 0) is 36.6 Å². The van der Waals surface area contributed by atoms with E-state index in [2.05, 4.69) is 54.6 Å². The lowest BCUT2D eigenvalue weighted by Gasteiger charge is -2.20. The van der Waals surface area contributed by atoms with E-state index in [4.69, 9.17) is 0 Å². The molecule has 0 aliphatic heterocycles. The van der Waals surface area contributed by atoms with E-state index in [1.165, 1.54) is 11.1 Å². The molecule has 2 rings (SSSR count). The second-order valence-electron chi connectivity index (χ2n) is 4.85. The standard InChI is InChI=1S/C16H23N3/c1-4-11-17-16(15-10-12-19(3)18-15)14-9-7-6-8-13(14)5-2/h6-10,12,16-17H,4-5,11H2,1-3H3. The van der Waals surface area contributed by atoms with Crippen molar-refractivity contribution in [1.82, 2.24) is 15.1 Å². The van der Waals surface area contributed by atoms with Crippen molar-refractivity contribution < 1.29 is 0 Å². The van der Waals surface area contributed by atoms with E-state index in [-0.39, 0.29) is 6.04 Å². The first kappa shape index (κ1) is 13.8. The fraction of sp³-hybridized carbons (Fsp3) is 0.438. The average molecular weight is 257 g/mol. The summed E-state index contributed by atoms with van der Waals surface area (Å²) < 4.78 is 1.87. The van der Waals surface area contributed by atoms with E-state index in [0.717, 1.165) is 25.1 Å². The van der Waals surface area contributed by atoms with Crippen LogP contribution >= 0.6 is 0 Å². The SMILES string of the molecule is CCCNC(c1ccn(C)n1)c1ccccc1CC. The van der Waals surface area contributed by atoms with Crippen LogP contribution in [0.15, 0.2) is 36.5 Å². The molecule has 0 radical (unpaired) electrons. The molecule has 1 atom stereocenters. The van der Waals surface area contributed by atoms with E-state index in [1.54, 1.807) is 0 Å². The fourth-order valence-corrected chi connectivity index (χ4v) is 2.39. The summed E-state index contributed by atoms with van der Waals surface area (Å²) in [5, 5.41) is 8.18. The minimum atomic E-state index is 0.192. The van der Waals surface area contributed by atoms with Crippen LogP contribution in [0.1, 0.15) is 43.1 Å². The molecular weight excluding hydrogens is 234 g/mol. The number of hydrogen-bond acceptors (Lipinski definition) is 2. The summed E-state index contributed by atoms with van der Waals surface area (Å²) in [6.07, 6.45) is 4.18. The highest BCUT2D eigenvalue weighted by Crippen LogP contribution is 2.24. The molecule has 1 unspecified atom stereocenters. The zero-order valence-corrected chi connectivity index (χ0v) is 12.1. The molecule has 1 N–H and O–H groups in total. The molecule has 102 valence electrons. The van der Waals surface area contributed by atoms with Gasteiger partial charge in [-0.25, -0.2) is 0 Å². The number of rotatable bonds is 6. The van der Waals surface area contributed by atoms with Gasteiger partial charge in [-0.1, -0.05) is 38.1 Å². The van der Waals surface area contributed by atoms with Crippen LogP contribution in [0.4, 0.5) is 0 Å². The quantitative estimate of drug-likeness (QED) is 0.862. The molecule has 0 aliphatic rings. The first-order valence-electron chi connectivity index (χ1n) is 7.07. The molecule has 19 heavy (non-hydrogen) atoms. The topological polar surface area (TPSA) is 29.9 Å². The first-order chi connectivity index (χ1) is 9.26. The summed E-state index contributed by atoms with van der Waals surface area (Å²) in [5.74, 6) is 0. The van der Waals surface area contributed by atoms with E-state index in [9.17, 15) is 0 Å². The Hall–Kier alpha value is -1.61. The zero-order chi connectivity index (χ0) is 13.7. The van der Waals surface area contributed by atoms with Crippen molar-refractivity contribution in [2.75, 3.05) is 6.54 Å². The Bertz CT molecular complexity index is 516. The molecule has 0 fully saturated rings. The highest BCUT2D eigenvalue weighted by atomic mass is 15.3. The number of nitrogens with zero attached hydrogens (tertiary/aromatic N) is 2. The van der Waals surface area contributed by atoms with E-state index >= 15 is 0 Å². The van der Waals surface area contributed by atoms with Gasteiger partial charge in [0.2, 0.25) is 0 Å². The Morgan fingerprint density at radius 2 is 2.00 bits per heavy atom. The van der Waals surface area contributed by atoms with Gasteiger partial charge in [-0.15, -0.1) is 0 Å². The molecule has 1 heterocycles. The third-order valence-corrected chi connectivity index (χ3v) is 3.38. The molecule has 0 amide bonds. The van der Waals surface area contributed by atoms with Gasteiger partial charge in [0.15, 0.2) is 0 Å². The predicted molar refractivity (Wildman–Crippen MR) is 79.2 cm³/mol. The molecule has 1 aromatic carbocycles. The van der Waals surface area contributed by atoms with Gasteiger partial charge >= 0.3 is 0 Å². The zero-order valence-electron chi connectivity index (χ0n) is 12.1. The second-order valence-corrected chi connectivity index (χ2v) is 4.85. The molecule has 0 saturated heterocycles. The Morgan fingerprint density at radius 1 is 1.21 bits per heavy atom. The highest BCUT2D eigenvalue weighted by Gasteiger charge is 2.18. The van der Waals surface area contributed by atoms with Crippen LogP contribution in [0, 0.1) is 0 Å². The number of nitrogens with one attached hydrogen (secondary N) is 1. The van der Waals surface area contributed by atoms with E-state index < -0.39 is 0 Å². The molecule has 0 saturated carbocycles. The summed E-state index contributed by atoms with van der Waals surface area (Å²) in [5.41, 5.74) is 3.83. The van der Waals surface area contributed by atoms with Crippen molar-refractivity contribution in [1.29, 1.82) is 0 Å². The minimum Gasteiger partial charge on any atom is -0.305 e. The van der Waals surface area contributed by atoms with Gasteiger partial charge < -0.3 is 5.32 Å². The van der Waals surface area contributed by atoms with Gasteiger partial charge in [0, 0.05) is 13.2 Å². The number of aromatic nitrogens is 2. The van der Waals surface area contributed by atoms with Crippen LogP contribution in [0.25, 0.3) is 0 Å². The van der Waals surface area contributed by atoms with Crippen LogP contribution in [0.3, 0.4) is 0 Å². The van der Waals surface area contributed by atoms with Crippen LogP contribution in [-0.2, 0) is 13.5 Å². The number of benzene rings is 1. The summed E-state index contributed by atoms with van der Waals surface area (Å²) >= 11 is 0. The Balaban J connectivity index is 2.36. The summed E-state index contributed by atoms with van der Waals surface area (Å²) in [4.78, 5) is 0. The first-order valence-corrected chi connectivity index (χ1v) is 7.07. The highest BCUT2D eigenvalue weighted by molar-refractivity contribution is 5.35. The smallest absolute Gasteiger partial charge is 0.0839 e. The van der Waals surface area contributed by atoms with Crippen LogP contribution < -0.4 is 5.32 Å². The van der Waals surface area contributed by atoms with E-state index in [1.807, 2.05) is 17.9 Å². The molecule has 3 nitrogen and oxygen atoms in total. The van der Waals surface area contributed by atoms with Crippen molar-refractivity contribution in [2.45, 2.75) is 32.7 Å². The fourth-order valence-electron chi connectivity index (χ4n) is 2.39. The van der Waals surface area contributed by atoms with Crippen molar-refractivity contribution >= 4 is 0 Å². The molecular formula is C16H23N3. The number of hydrogen-bond donors (Lipinski definition) is 1. The lowest BCUT2D eigenvalue weighted by molar-refractivity contribution is 0.572. The normalized spacial score (nSPS) is 12.6. The molecule has 0 aliphatic carbocycles. The maximum absolute atomic E-state index is 4.57. The largest absolute Gasteiger partial charge is 0.305 e. The minimum absolute atomic E-state index is 0.192. The molecule has 3 heteroatoms. The van der Waals surface area contributed by atoms with Crippen molar-refractivity contribution in [2.24, 2.45) is 7.05 Å². The van der Waals surface area contributed by atoms with Gasteiger partial charge in [-0.2, -0.15) is 5.10 Å². The molecule has 0 bridgehead atoms. The third-order valence-electron chi connectivity index (χ3n) is 3.38. The van der Waals surface area contributed by atoms with Gasteiger partial charge in [0.1, 0.15) is 0 Å². The van der Waals surface area contributed by atoms with Gasteiger partial charge in [0.05, 0.1) is 11.7 Å². The lowest BCUT2D eigenvalue weighted by Crippen LogP contribution is -2.24. The Labute approximate surface area is 115 Å². The van der Waals surface area contributed by atoms with Crippen molar-refractivity contribution in [3.63, 3.8) is 0 Å². The average Bonchev–Trinajstić information content (AvgIpc) is 2.86. The Kier molecular flexibility index (Phi) is 4.74. The van der Waals surface area contributed by atoms with Crippen LogP contribution in [-0.4, -0.2) is 16.3 Å². The van der Waals surface area contributed by atoms with Crippen molar-refractivity contribution in [3.05, 3.63) is 53.3 Å². The van der Waals surface area contributed by atoms with Crippen LogP contribution in [0.2, 0.25) is 0 Å². The van der Waals surface area contributed by atoms with Gasteiger partial charge in [-0.3, -0.25) is 4.68 Å². The lowest BCUT2D eigenvalue weighted by atomic mass is 9.96. The summed E-state index contributed by atoms with van der Waals surface area (Å²) in [6, 6.07) is 10.9. The Morgan fingerprint density at radius 3 is 2.63 bits per heavy atom. The maximum Gasteiger partial charge on any atom is 0.0839 e. The van der Waals surface area contributed by atoms with Crippen LogP contribution in [0.5, 0.6) is 0 Å². The van der Waals surface area contributed by atoms with Crippen molar-refractivity contribution in [3.8, 4) is 0 Å². The molecule has 1 aromatic heterocycles. The molecule has 2 aromatic rings. The third kappa shape index (κ3) is 3.24. The predicted octanol–water partition coefficient (Wildman–Crippen LogP) is 3.07. The number of aryl methyl sites for hydroxylation is 2. The van der Waals surface area contributed by atoms with Gasteiger partial charge in [0.25, 0.3) is 0 Å². The summed E-state index contributed by atoms with van der Waals surface area (Å²) in [7, 11) is 1.96. The second kappa shape index (κ2) is 6.53. The molecule has 0 spiro atoms.